The number of para-hydroxylation sites is 2. The van der Waals surface area contributed by atoms with Crippen LogP contribution in [-0.2, 0) is 0 Å². The lowest BCUT2D eigenvalue weighted by Gasteiger charge is -2.30. The summed E-state index contributed by atoms with van der Waals surface area (Å²) < 4.78 is 2.48. The standard InChI is InChI=1S/C38H28N2/c1-2-14-31(15-3-1)39(34-19-18-27-10-4-5-11-28(27)24-34)32-20-22-33(23-21-32)40-37-17-9-8-16-35(37)36-25-29-12-6-7-13-30(29)26-38(36)40/h1-20,22,24-26H,21,23H2. The van der Waals surface area contributed by atoms with Crippen LogP contribution in [0.25, 0.3) is 49.0 Å². The average Bonchev–Trinajstić information content (AvgIpc) is 3.34. The molecule has 0 bridgehead atoms. The molecule has 40 heavy (non-hydrogen) atoms. The molecule has 0 aliphatic heterocycles. The number of fused-ring (bicyclic) bond motifs is 5. The Bertz CT molecular complexity index is 2110. The van der Waals surface area contributed by atoms with Gasteiger partial charge in [-0.1, -0.05) is 91.0 Å². The zero-order valence-corrected chi connectivity index (χ0v) is 22.2. The van der Waals surface area contributed by atoms with Gasteiger partial charge in [0.2, 0.25) is 0 Å². The fourth-order valence-electron chi connectivity index (χ4n) is 6.33. The molecule has 0 saturated carbocycles. The Morgan fingerprint density at radius 1 is 0.450 bits per heavy atom. The Balaban J connectivity index is 1.28. The Morgan fingerprint density at radius 2 is 1.12 bits per heavy atom. The average molecular weight is 513 g/mol. The number of anilines is 2. The summed E-state index contributed by atoms with van der Waals surface area (Å²) in [6.45, 7) is 0. The maximum absolute atomic E-state index is 2.48. The second-order valence-corrected chi connectivity index (χ2v) is 10.6. The lowest BCUT2D eigenvalue weighted by molar-refractivity contribution is 0.895. The summed E-state index contributed by atoms with van der Waals surface area (Å²) in [7, 11) is 0. The van der Waals surface area contributed by atoms with E-state index in [-0.39, 0.29) is 0 Å². The van der Waals surface area contributed by atoms with Gasteiger partial charge in [0.15, 0.2) is 0 Å². The van der Waals surface area contributed by atoms with Gasteiger partial charge in [0.25, 0.3) is 0 Å². The topological polar surface area (TPSA) is 8.17 Å². The van der Waals surface area contributed by atoms with Crippen molar-refractivity contribution in [2.24, 2.45) is 0 Å². The van der Waals surface area contributed by atoms with Crippen molar-refractivity contribution in [1.82, 2.24) is 4.57 Å². The number of rotatable bonds is 4. The SMILES string of the molecule is C1=C(N(c2ccccc2)c2ccc3ccccc3c2)CCC(n2c3ccccc3c3cc4ccccc4cc32)=C1. The van der Waals surface area contributed by atoms with E-state index in [1.165, 1.54) is 66.1 Å². The second kappa shape index (κ2) is 9.29. The van der Waals surface area contributed by atoms with Crippen molar-refractivity contribution >= 4 is 60.4 Å². The largest absolute Gasteiger partial charge is 0.314 e. The molecule has 1 aliphatic carbocycles. The maximum Gasteiger partial charge on any atom is 0.0544 e. The quantitative estimate of drug-likeness (QED) is 0.228. The van der Waals surface area contributed by atoms with Crippen LogP contribution in [0.2, 0.25) is 0 Å². The first-order valence-electron chi connectivity index (χ1n) is 14.0. The van der Waals surface area contributed by atoms with Crippen LogP contribution in [-0.4, -0.2) is 4.57 Å². The van der Waals surface area contributed by atoms with E-state index in [0.717, 1.165) is 12.8 Å². The zero-order valence-electron chi connectivity index (χ0n) is 22.2. The smallest absolute Gasteiger partial charge is 0.0544 e. The number of allylic oxidation sites excluding steroid dienone is 4. The molecule has 7 aromatic rings. The highest BCUT2D eigenvalue weighted by Gasteiger charge is 2.20. The number of aromatic nitrogens is 1. The van der Waals surface area contributed by atoms with Crippen LogP contribution in [0.4, 0.5) is 11.4 Å². The van der Waals surface area contributed by atoms with Gasteiger partial charge in [-0.3, -0.25) is 0 Å². The molecular formula is C38H28N2. The number of hydrogen-bond acceptors (Lipinski definition) is 1. The van der Waals surface area contributed by atoms with Gasteiger partial charge in [-0.15, -0.1) is 0 Å². The summed E-state index contributed by atoms with van der Waals surface area (Å²) in [5.74, 6) is 0. The summed E-state index contributed by atoms with van der Waals surface area (Å²) in [5.41, 5.74) is 7.55. The lowest BCUT2D eigenvalue weighted by atomic mass is 10.0. The summed E-state index contributed by atoms with van der Waals surface area (Å²) in [6.07, 6.45) is 6.57. The number of hydrogen-bond donors (Lipinski definition) is 0. The molecular weight excluding hydrogens is 484 g/mol. The van der Waals surface area contributed by atoms with E-state index in [1.807, 2.05) is 0 Å². The minimum atomic E-state index is 0.954. The number of benzene rings is 6. The van der Waals surface area contributed by atoms with Crippen molar-refractivity contribution in [2.75, 3.05) is 4.90 Å². The lowest BCUT2D eigenvalue weighted by Crippen LogP contribution is -2.18. The molecule has 2 heteroatoms. The van der Waals surface area contributed by atoms with E-state index in [1.54, 1.807) is 0 Å². The minimum Gasteiger partial charge on any atom is -0.314 e. The molecule has 8 rings (SSSR count). The van der Waals surface area contributed by atoms with E-state index in [4.69, 9.17) is 0 Å². The molecule has 1 aliphatic rings. The Hall–Kier alpha value is -5.08. The first kappa shape index (κ1) is 22.9. The molecule has 0 unspecified atom stereocenters. The molecule has 1 heterocycles. The van der Waals surface area contributed by atoms with Gasteiger partial charge in [0.1, 0.15) is 0 Å². The molecule has 0 saturated heterocycles. The van der Waals surface area contributed by atoms with E-state index in [0.29, 0.717) is 0 Å². The van der Waals surface area contributed by atoms with Crippen molar-refractivity contribution in [2.45, 2.75) is 12.8 Å². The first-order chi connectivity index (χ1) is 19.8. The highest BCUT2D eigenvalue weighted by Crippen LogP contribution is 2.40. The summed E-state index contributed by atoms with van der Waals surface area (Å²) in [4.78, 5) is 2.42. The first-order valence-corrected chi connectivity index (χ1v) is 14.0. The van der Waals surface area contributed by atoms with Gasteiger partial charge >= 0.3 is 0 Å². The third-order valence-electron chi connectivity index (χ3n) is 8.23. The van der Waals surface area contributed by atoms with Gasteiger partial charge in [0, 0.05) is 33.5 Å². The number of nitrogens with zero attached hydrogens (tertiary/aromatic N) is 2. The monoisotopic (exact) mass is 512 g/mol. The van der Waals surface area contributed by atoms with E-state index < -0.39 is 0 Å². The fourth-order valence-corrected chi connectivity index (χ4v) is 6.33. The van der Waals surface area contributed by atoms with Crippen LogP contribution in [0.5, 0.6) is 0 Å². The van der Waals surface area contributed by atoms with Crippen LogP contribution in [0, 0.1) is 0 Å². The van der Waals surface area contributed by atoms with Crippen LogP contribution < -0.4 is 4.90 Å². The highest BCUT2D eigenvalue weighted by molar-refractivity contribution is 6.14. The molecule has 6 aromatic carbocycles. The maximum atomic E-state index is 2.48. The molecule has 0 atom stereocenters. The van der Waals surface area contributed by atoms with Gasteiger partial charge in [-0.25, -0.2) is 0 Å². The van der Waals surface area contributed by atoms with Gasteiger partial charge in [-0.05, 0) is 89.0 Å². The third-order valence-corrected chi connectivity index (χ3v) is 8.23. The van der Waals surface area contributed by atoms with E-state index >= 15 is 0 Å². The summed E-state index contributed by atoms with van der Waals surface area (Å²) in [6, 6.07) is 48.3. The molecule has 0 fully saturated rings. The predicted octanol–water partition coefficient (Wildman–Crippen LogP) is 10.5. The van der Waals surface area contributed by atoms with Gasteiger partial charge in [-0.2, -0.15) is 0 Å². The van der Waals surface area contributed by atoms with Gasteiger partial charge in [0.05, 0.1) is 11.0 Å². The zero-order chi connectivity index (χ0) is 26.5. The van der Waals surface area contributed by atoms with E-state index in [2.05, 4.69) is 155 Å². The van der Waals surface area contributed by atoms with E-state index in [9.17, 15) is 0 Å². The van der Waals surface area contributed by atoms with Crippen molar-refractivity contribution in [3.63, 3.8) is 0 Å². The van der Waals surface area contributed by atoms with Crippen LogP contribution >= 0.6 is 0 Å². The van der Waals surface area contributed by atoms with Crippen molar-refractivity contribution in [3.05, 3.63) is 151 Å². The molecule has 1 aromatic heterocycles. The Kier molecular flexibility index (Phi) is 5.31. The van der Waals surface area contributed by atoms with Crippen LogP contribution in [0.1, 0.15) is 12.8 Å². The molecule has 190 valence electrons. The molecule has 0 radical (unpaired) electrons. The van der Waals surface area contributed by atoms with Gasteiger partial charge < -0.3 is 9.47 Å². The molecule has 0 amide bonds. The second-order valence-electron chi connectivity index (χ2n) is 10.6. The van der Waals surface area contributed by atoms with Crippen LogP contribution in [0.3, 0.4) is 0 Å². The van der Waals surface area contributed by atoms with Crippen molar-refractivity contribution in [3.8, 4) is 0 Å². The van der Waals surface area contributed by atoms with Crippen molar-refractivity contribution < 1.29 is 0 Å². The molecule has 0 N–H and O–H groups in total. The van der Waals surface area contributed by atoms with Crippen molar-refractivity contribution in [1.29, 1.82) is 0 Å². The highest BCUT2D eigenvalue weighted by atomic mass is 15.1. The Labute approximate surface area is 233 Å². The fraction of sp³-hybridized carbons (Fsp3) is 0.0526. The predicted molar refractivity (Wildman–Crippen MR) is 171 cm³/mol. The minimum absolute atomic E-state index is 0.954. The summed E-state index contributed by atoms with van der Waals surface area (Å²) in [5, 5.41) is 7.70. The Morgan fingerprint density at radius 3 is 1.90 bits per heavy atom. The normalized spacial score (nSPS) is 13.6. The summed E-state index contributed by atoms with van der Waals surface area (Å²) >= 11 is 0. The third kappa shape index (κ3) is 3.72. The molecule has 0 spiro atoms. The molecule has 2 nitrogen and oxygen atoms in total. The van der Waals surface area contributed by atoms with Crippen LogP contribution in [0.15, 0.2) is 151 Å².